The van der Waals surface area contributed by atoms with Gasteiger partial charge < -0.3 is 9.84 Å². The molecule has 0 bridgehead atoms. The summed E-state index contributed by atoms with van der Waals surface area (Å²) in [6, 6.07) is 16.9. The van der Waals surface area contributed by atoms with Crippen LogP contribution in [0.15, 0.2) is 72.8 Å². The van der Waals surface area contributed by atoms with Gasteiger partial charge in [-0.2, -0.15) is 0 Å². The second-order valence-corrected chi connectivity index (χ2v) is 8.52. The topological polar surface area (TPSA) is 138 Å². The van der Waals surface area contributed by atoms with Crippen LogP contribution in [0.1, 0.15) is 51.8 Å². The van der Waals surface area contributed by atoms with Gasteiger partial charge in [0.1, 0.15) is 5.75 Å². The van der Waals surface area contributed by atoms with Crippen molar-refractivity contribution < 1.29 is 38.6 Å². The van der Waals surface area contributed by atoms with Crippen molar-refractivity contribution in [2.24, 2.45) is 0 Å². The van der Waals surface area contributed by atoms with Crippen LogP contribution in [0.25, 0.3) is 10.8 Å². The second-order valence-electron chi connectivity index (χ2n) is 8.52. The van der Waals surface area contributed by atoms with E-state index in [0.29, 0.717) is 0 Å². The zero-order valence-electron chi connectivity index (χ0n) is 19.2. The first-order valence-electron chi connectivity index (χ1n) is 11.2. The predicted molar refractivity (Wildman–Crippen MR) is 133 cm³/mol. The fourth-order valence-corrected chi connectivity index (χ4v) is 4.83. The minimum absolute atomic E-state index is 0.00272. The number of amides is 4. The molecule has 10 heteroatoms. The Balaban J connectivity index is 1.47. The first-order chi connectivity index (χ1) is 18.3. The lowest BCUT2D eigenvalue weighted by Gasteiger charge is -2.32. The largest absolute Gasteiger partial charge is 0.478 e. The molecular weight excluding hydrogens is 492 g/mol. The lowest BCUT2D eigenvalue weighted by Crippen LogP contribution is -2.43. The first kappa shape index (κ1) is 22.8. The van der Waals surface area contributed by atoms with Crippen molar-refractivity contribution in [2.45, 2.75) is 0 Å². The van der Waals surface area contributed by atoms with Gasteiger partial charge in [-0.25, -0.2) is 14.6 Å². The Morgan fingerprint density at radius 3 is 1.32 bits per heavy atom. The van der Waals surface area contributed by atoms with Crippen molar-refractivity contribution in [2.75, 3.05) is 9.80 Å². The van der Waals surface area contributed by atoms with Crippen LogP contribution in [0.2, 0.25) is 0 Å². The number of imide groups is 2. The summed E-state index contributed by atoms with van der Waals surface area (Å²) < 4.78 is 4.76. The van der Waals surface area contributed by atoms with Crippen LogP contribution in [-0.2, 0) is 4.79 Å². The van der Waals surface area contributed by atoms with E-state index in [9.17, 15) is 28.8 Å². The Labute approximate surface area is 213 Å². The molecule has 0 saturated carbocycles. The Morgan fingerprint density at radius 2 is 0.974 bits per heavy atom. The van der Waals surface area contributed by atoms with E-state index >= 15 is 0 Å². The van der Waals surface area contributed by atoms with E-state index < -0.39 is 29.6 Å². The van der Waals surface area contributed by atoms with Gasteiger partial charge in [0.25, 0.3) is 30.1 Å². The van der Waals surface area contributed by atoms with Crippen molar-refractivity contribution in [3.8, 4) is 5.75 Å². The molecule has 2 aliphatic heterocycles. The summed E-state index contributed by atoms with van der Waals surface area (Å²) in [4.78, 5) is 77.6. The summed E-state index contributed by atoms with van der Waals surface area (Å²) in [5.41, 5.74) is 0.988. The number of anilines is 2. The number of carbonyl (C=O) groups is 6. The Bertz CT molecular complexity index is 1690. The molecule has 184 valence electrons. The van der Waals surface area contributed by atoms with Gasteiger partial charge in [-0.15, -0.1) is 0 Å². The standard InChI is InChI=1S/C28H14N2O8/c31-13-38-17-7-5-16(6-8-17)30-26(34)20-11-9-18-22-19(10-12-21(23(20)22)27(30)35)25(33)29(24(18)32)15-3-1-14(2-4-15)28(36)37/h1-13H,(H,36,37). The van der Waals surface area contributed by atoms with Crippen LogP contribution in [0.3, 0.4) is 0 Å². The molecule has 4 amide bonds. The molecule has 2 heterocycles. The van der Waals surface area contributed by atoms with Gasteiger partial charge in [-0.3, -0.25) is 24.0 Å². The number of nitrogens with zero attached hydrogens (tertiary/aromatic N) is 2. The zero-order chi connectivity index (χ0) is 26.7. The second kappa shape index (κ2) is 8.20. The lowest BCUT2D eigenvalue weighted by molar-refractivity contribution is -0.120. The van der Waals surface area contributed by atoms with Gasteiger partial charge in [0.15, 0.2) is 0 Å². The van der Waals surface area contributed by atoms with Crippen LogP contribution in [0.4, 0.5) is 11.4 Å². The predicted octanol–water partition coefficient (Wildman–Crippen LogP) is 3.67. The molecule has 2 aliphatic rings. The number of rotatable bonds is 5. The van der Waals surface area contributed by atoms with E-state index in [-0.39, 0.29) is 62.2 Å². The molecule has 0 unspecified atom stereocenters. The minimum Gasteiger partial charge on any atom is -0.478 e. The van der Waals surface area contributed by atoms with Crippen LogP contribution in [-0.4, -0.2) is 41.2 Å². The highest BCUT2D eigenvalue weighted by atomic mass is 16.5. The molecule has 0 aliphatic carbocycles. The van der Waals surface area contributed by atoms with E-state index in [0.717, 1.165) is 9.80 Å². The molecule has 0 spiro atoms. The number of benzene rings is 4. The number of hydrogen-bond donors (Lipinski definition) is 1. The highest BCUT2D eigenvalue weighted by Crippen LogP contribution is 2.40. The Hall–Kier alpha value is -5.64. The third-order valence-corrected chi connectivity index (χ3v) is 6.55. The van der Waals surface area contributed by atoms with Crippen molar-refractivity contribution in [1.82, 2.24) is 0 Å². The fourth-order valence-electron chi connectivity index (χ4n) is 4.83. The van der Waals surface area contributed by atoms with Crippen molar-refractivity contribution in [3.05, 3.63) is 101 Å². The quantitative estimate of drug-likeness (QED) is 0.320. The van der Waals surface area contributed by atoms with Gasteiger partial charge in [-0.1, -0.05) is 0 Å². The average Bonchev–Trinajstić information content (AvgIpc) is 2.92. The highest BCUT2D eigenvalue weighted by Gasteiger charge is 2.40. The minimum atomic E-state index is -1.15. The van der Waals surface area contributed by atoms with E-state index in [1.807, 2.05) is 0 Å². The number of carboxylic acids is 1. The lowest BCUT2D eigenvalue weighted by atomic mass is 9.85. The molecular formula is C28H14N2O8. The summed E-state index contributed by atoms with van der Waals surface area (Å²) in [6.07, 6.45) is 0. The van der Waals surface area contributed by atoms with E-state index in [2.05, 4.69) is 0 Å². The summed E-state index contributed by atoms with van der Waals surface area (Å²) in [6.45, 7) is 0.261. The van der Waals surface area contributed by atoms with Crippen LogP contribution >= 0.6 is 0 Å². The van der Waals surface area contributed by atoms with E-state index in [1.165, 1.54) is 72.8 Å². The Morgan fingerprint density at radius 1 is 0.605 bits per heavy atom. The molecule has 0 atom stereocenters. The maximum Gasteiger partial charge on any atom is 0.335 e. The maximum absolute atomic E-state index is 13.5. The molecule has 0 saturated heterocycles. The fraction of sp³-hybridized carbons (Fsp3) is 0. The molecule has 10 nitrogen and oxygen atoms in total. The number of aromatic carboxylic acids is 1. The number of ether oxygens (including phenoxy) is 1. The van der Waals surface area contributed by atoms with Gasteiger partial charge >= 0.3 is 5.97 Å². The van der Waals surface area contributed by atoms with Crippen molar-refractivity contribution in [1.29, 1.82) is 0 Å². The molecule has 38 heavy (non-hydrogen) atoms. The van der Waals surface area contributed by atoms with Crippen molar-refractivity contribution in [3.63, 3.8) is 0 Å². The summed E-state index contributed by atoms with van der Waals surface area (Å²) in [7, 11) is 0. The maximum atomic E-state index is 13.5. The third kappa shape index (κ3) is 3.14. The van der Waals surface area contributed by atoms with Crippen LogP contribution < -0.4 is 14.5 Å². The third-order valence-electron chi connectivity index (χ3n) is 6.55. The highest BCUT2D eigenvalue weighted by molar-refractivity contribution is 6.42. The summed E-state index contributed by atoms with van der Waals surface area (Å²) in [5, 5.41) is 9.58. The van der Waals surface area contributed by atoms with E-state index in [1.54, 1.807) is 0 Å². The zero-order valence-corrected chi connectivity index (χ0v) is 19.2. The van der Waals surface area contributed by atoms with Gasteiger partial charge in [0.2, 0.25) is 0 Å². The number of carbonyl (C=O) groups excluding carboxylic acids is 5. The number of carboxylic acid groups (broad SMARTS) is 1. The SMILES string of the molecule is O=COc1ccc(N2C(=O)c3ccc4c5c(ccc(c35)C2=O)C(=O)N(c2ccc(C(=O)O)cc2)C4=O)cc1. The molecule has 0 aromatic heterocycles. The molecule has 1 N–H and O–H groups in total. The van der Waals surface area contributed by atoms with Gasteiger partial charge in [0, 0.05) is 33.0 Å². The van der Waals surface area contributed by atoms with Crippen LogP contribution in [0, 0.1) is 0 Å². The van der Waals surface area contributed by atoms with Gasteiger partial charge in [0.05, 0.1) is 16.9 Å². The molecule has 6 rings (SSSR count). The normalized spacial score (nSPS) is 14.2. The molecule has 0 fully saturated rings. The van der Waals surface area contributed by atoms with Gasteiger partial charge in [-0.05, 0) is 72.8 Å². The number of hydrogen-bond acceptors (Lipinski definition) is 7. The molecule has 4 aromatic carbocycles. The van der Waals surface area contributed by atoms with Crippen molar-refractivity contribution >= 4 is 58.2 Å². The Kier molecular flexibility index (Phi) is 4.92. The first-order valence-corrected chi connectivity index (χ1v) is 11.2. The molecule has 4 aromatic rings. The average molecular weight is 506 g/mol. The van der Waals surface area contributed by atoms with Crippen LogP contribution in [0.5, 0.6) is 5.75 Å². The summed E-state index contributed by atoms with van der Waals surface area (Å²) in [5.74, 6) is -3.52. The van der Waals surface area contributed by atoms with E-state index in [4.69, 9.17) is 9.84 Å². The smallest absolute Gasteiger partial charge is 0.335 e. The monoisotopic (exact) mass is 506 g/mol. The molecule has 0 radical (unpaired) electrons. The summed E-state index contributed by atoms with van der Waals surface area (Å²) >= 11 is 0.